The third-order valence-electron chi connectivity index (χ3n) is 2.83. The van der Waals surface area contributed by atoms with Gasteiger partial charge in [-0.3, -0.25) is 15.1 Å². The average Bonchev–Trinajstić information content (AvgIpc) is 2.52. The molecule has 1 heterocycles. The molecule has 0 aliphatic rings. The highest BCUT2D eigenvalue weighted by Gasteiger charge is 2.14. The van der Waals surface area contributed by atoms with Crippen molar-refractivity contribution in [3.63, 3.8) is 0 Å². The van der Waals surface area contributed by atoms with Gasteiger partial charge in [-0.2, -0.15) is 5.26 Å². The van der Waals surface area contributed by atoms with E-state index in [1.807, 2.05) is 6.07 Å². The van der Waals surface area contributed by atoms with Crippen molar-refractivity contribution in [2.24, 2.45) is 0 Å². The van der Waals surface area contributed by atoms with E-state index in [9.17, 15) is 10.1 Å². The second-order valence-electron chi connectivity index (χ2n) is 4.10. The number of nitro benzene ring substituents is 1. The molecule has 0 aliphatic heterocycles. The second-order valence-corrected chi connectivity index (χ2v) is 4.10. The fraction of sp³-hybridized carbons (Fsp3) is 0.0667. The highest BCUT2D eigenvalue weighted by atomic mass is 16.6. The molecule has 6 heteroatoms. The topological polar surface area (TPSA) is 89.0 Å². The molecule has 0 unspecified atom stereocenters. The van der Waals surface area contributed by atoms with E-state index >= 15 is 0 Å². The van der Waals surface area contributed by atoms with Gasteiger partial charge in [0.15, 0.2) is 5.75 Å². The molecule has 2 aromatic rings. The molecule has 0 spiro atoms. The zero-order chi connectivity index (χ0) is 15.2. The average molecular weight is 281 g/mol. The third kappa shape index (κ3) is 3.22. The summed E-state index contributed by atoms with van der Waals surface area (Å²) >= 11 is 0. The monoisotopic (exact) mass is 281 g/mol. The minimum atomic E-state index is -0.497. The molecule has 0 atom stereocenters. The summed E-state index contributed by atoms with van der Waals surface area (Å²) in [5.74, 6) is 0.207. The Hall–Kier alpha value is -3.20. The van der Waals surface area contributed by atoms with E-state index in [0.717, 1.165) is 0 Å². The van der Waals surface area contributed by atoms with Gasteiger partial charge in [-0.15, -0.1) is 0 Å². The Morgan fingerprint density at radius 3 is 2.86 bits per heavy atom. The summed E-state index contributed by atoms with van der Waals surface area (Å²) in [5, 5.41) is 19.9. The maximum Gasteiger partial charge on any atom is 0.311 e. The Kier molecular flexibility index (Phi) is 4.26. The summed E-state index contributed by atoms with van der Waals surface area (Å²) in [5.41, 5.74) is 1.68. The lowest BCUT2D eigenvalue weighted by Gasteiger charge is -2.02. The predicted octanol–water partition coefficient (Wildman–Crippen LogP) is 3.04. The number of pyridine rings is 1. The number of aromatic nitrogens is 1. The zero-order valence-electron chi connectivity index (χ0n) is 11.2. The molecule has 21 heavy (non-hydrogen) atoms. The predicted molar refractivity (Wildman–Crippen MR) is 77.5 cm³/mol. The maximum atomic E-state index is 11.0. The molecule has 0 fully saturated rings. The number of nitrogens with zero attached hydrogens (tertiary/aromatic N) is 3. The van der Waals surface area contributed by atoms with Crippen LogP contribution in [0.3, 0.4) is 0 Å². The van der Waals surface area contributed by atoms with Gasteiger partial charge in [-0.05, 0) is 23.3 Å². The maximum absolute atomic E-state index is 11.0. The van der Waals surface area contributed by atoms with Crippen LogP contribution in [-0.2, 0) is 0 Å². The Morgan fingerprint density at radius 2 is 2.19 bits per heavy atom. The van der Waals surface area contributed by atoms with E-state index in [0.29, 0.717) is 16.7 Å². The van der Waals surface area contributed by atoms with Crippen molar-refractivity contribution in [2.45, 2.75) is 0 Å². The molecule has 1 aromatic carbocycles. The summed E-state index contributed by atoms with van der Waals surface area (Å²) in [7, 11) is 1.38. The van der Waals surface area contributed by atoms with Crippen LogP contribution in [0.5, 0.6) is 5.75 Å². The second kappa shape index (κ2) is 6.30. The molecule has 0 saturated heterocycles. The van der Waals surface area contributed by atoms with Gasteiger partial charge in [0.25, 0.3) is 0 Å². The fourth-order valence-electron chi connectivity index (χ4n) is 1.78. The van der Waals surface area contributed by atoms with Crippen LogP contribution in [0.4, 0.5) is 5.69 Å². The summed E-state index contributed by atoms with van der Waals surface area (Å²) in [6.07, 6.45) is 6.46. The van der Waals surface area contributed by atoms with Gasteiger partial charge < -0.3 is 4.74 Å². The van der Waals surface area contributed by atoms with Crippen molar-refractivity contribution in [3.8, 4) is 11.8 Å². The third-order valence-corrected chi connectivity index (χ3v) is 2.83. The van der Waals surface area contributed by atoms with Gasteiger partial charge in [-0.25, -0.2) is 0 Å². The molecule has 0 aliphatic carbocycles. The van der Waals surface area contributed by atoms with Crippen molar-refractivity contribution >= 4 is 17.8 Å². The van der Waals surface area contributed by atoms with E-state index in [4.69, 9.17) is 10.00 Å². The first kappa shape index (κ1) is 14.2. The number of ether oxygens (including phenoxy) is 1. The molecular weight excluding hydrogens is 270 g/mol. The molecule has 0 bridgehead atoms. The minimum absolute atomic E-state index is 0.102. The number of methoxy groups -OCH3 is 1. The van der Waals surface area contributed by atoms with E-state index < -0.39 is 4.92 Å². The van der Waals surface area contributed by atoms with E-state index in [2.05, 4.69) is 4.98 Å². The van der Waals surface area contributed by atoms with Gasteiger partial charge in [0.05, 0.1) is 17.6 Å². The molecule has 0 saturated carbocycles. The molecule has 1 aromatic heterocycles. The van der Waals surface area contributed by atoms with Crippen molar-refractivity contribution in [2.75, 3.05) is 7.11 Å². The lowest BCUT2D eigenvalue weighted by atomic mass is 10.1. The first-order valence-corrected chi connectivity index (χ1v) is 6.00. The van der Waals surface area contributed by atoms with Crippen LogP contribution in [-0.4, -0.2) is 17.0 Å². The first-order chi connectivity index (χ1) is 10.2. The van der Waals surface area contributed by atoms with Gasteiger partial charge in [0.2, 0.25) is 0 Å². The zero-order valence-corrected chi connectivity index (χ0v) is 11.2. The van der Waals surface area contributed by atoms with Crippen LogP contribution < -0.4 is 4.74 Å². The highest BCUT2D eigenvalue weighted by molar-refractivity contribution is 5.73. The van der Waals surface area contributed by atoms with Crippen LogP contribution in [0, 0.1) is 21.4 Å². The Morgan fingerprint density at radius 1 is 1.38 bits per heavy atom. The number of benzene rings is 1. The summed E-state index contributed by atoms with van der Waals surface area (Å²) in [4.78, 5) is 14.3. The molecule has 6 nitrogen and oxygen atoms in total. The largest absolute Gasteiger partial charge is 0.490 e. The van der Waals surface area contributed by atoms with Crippen LogP contribution in [0.2, 0.25) is 0 Å². The van der Waals surface area contributed by atoms with Crippen molar-refractivity contribution < 1.29 is 9.66 Å². The highest BCUT2D eigenvalue weighted by Crippen LogP contribution is 2.28. The molecule has 104 valence electrons. The molecular formula is C15H11N3O3. The minimum Gasteiger partial charge on any atom is -0.490 e. The lowest BCUT2D eigenvalue weighted by Crippen LogP contribution is -1.93. The number of rotatable bonds is 4. The van der Waals surface area contributed by atoms with E-state index in [1.165, 1.54) is 25.4 Å². The van der Waals surface area contributed by atoms with Gasteiger partial charge in [0, 0.05) is 18.5 Å². The number of hydrogen-bond donors (Lipinski definition) is 0. The van der Waals surface area contributed by atoms with Crippen LogP contribution in [0.1, 0.15) is 16.7 Å². The smallest absolute Gasteiger partial charge is 0.311 e. The first-order valence-electron chi connectivity index (χ1n) is 6.00. The van der Waals surface area contributed by atoms with Gasteiger partial charge in [-0.1, -0.05) is 18.2 Å². The lowest BCUT2D eigenvalue weighted by molar-refractivity contribution is -0.385. The van der Waals surface area contributed by atoms with Crippen molar-refractivity contribution in [1.82, 2.24) is 4.98 Å². The molecule has 0 N–H and O–H groups in total. The Balaban J connectivity index is 2.36. The van der Waals surface area contributed by atoms with Crippen LogP contribution in [0.25, 0.3) is 12.2 Å². The van der Waals surface area contributed by atoms with Crippen LogP contribution >= 0.6 is 0 Å². The van der Waals surface area contributed by atoms with Crippen molar-refractivity contribution in [1.29, 1.82) is 5.26 Å². The van der Waals surface area contributed by atoms with E-state index in [-0.39, 0.29) is 11.4 Å². The molecule has 2 rings (SSSR count). The number of hydrogen-bond acceptors (Lipinski definition) is 5. The standard InChI is InChI=1S/C15H11N3O3/c1-21-15-5-3-11(8-14(15)18(19)20)2-4-12-6-7-17-10-13(12)9-16/h2-8,10H,1H3. The van der Waals surface area contributed by atoms with Crippen LogP contribution in [0.15, 0.2) is 36.7 Å². The summed E-state index contributed by atoms with van der Waals surface area (Å²) < 4.78 is 4.94. The van der Waals surface area contributed by atoms with Gasteiger partial charge >= 0.3 is 5.69 Å². The SMILES string of the molecule is COc1ccc(C=Cc2ccncc2C#N)cc1[N+](=O)[O-]. The fourth-order valence-corrected chi connectivity index (χ4v) is 1.78. The summed E-state index contributed by atoms with van der Waals surface area (Å²) in [6, 6.07) is 8.40. The molecule has 0 amide bonds. The van der Waals surface area contributed by atoms with E-state index in [1.54, 1.807) is 30.5 Å². The molecule has 0 radical (unpaired) electrons. The Labute approximate surface area is 121 Å². The number of nitriles is 1. The normalized spacial score (nSPS) is 10.3. The van der Waals surface area contributed by atoms with Crippen molar-refractivity contribution in [3.05, 3.63) is 63.5 Å². The van der Waals surface area contributed by atoms with Gasteiger partial charge in [0.1, 0.15) is 6.07 Å². The quantitative estimate of drug-likeness (QED) is 0.634. The Bertz CT molecular complexity index is 748. The number of nitro groups is 1. The summed E-state index contributed by atoms with van der Waals surface area (Å²) in [6.45, 7) is 0.